The molecule has 0 spiro atoms. The van der Waals surface area contributed by atoms with E-state index in [4.69, 9.17) is 16.1 Å². The minimum absolute atomic E-state index is 0.113. The first-order valence-electron chi connectivity index (χ1n) is 5.68. The average molecular weight is 277 g/mol. The Hall–Kier alpha value is -2.21. The number of carbonyl (C=O) groups excluding carboxylic acids is 1. The maximum absolute atomic E-state index is 11.0. The second kappa shape index (κ2) is 4.81. The number of amides is 1. The number of hydrogen-bond donors (Lipinski definition) is 1. The van der Waals surface area contributed by atoms with E-state index in [1.165, 1.54) is 0 Å². The smallest absolute Gasteiger partial charge is 0.274 e. The van der Waals surface area contributed by atoms with Crippen molar-refractivity contribution in [3.63, 3.8) is 0 Å². The topological polar surface area (TPSA) is 80.4 Å². The van der Waals surface area contributed by atoms with Gasteiger partial charge in [-0.25, -0.2) is 5.43 Å². The molecule has 1 aromatic carbocycles. The molecule has 6 nitrogen and oxygen atoms in total. The Kier molecular flexibility index (Phi) is 3.00. The van der Waals surface area contributed by atoms with Crippen LogP contribution >= 0.6 is 11.6 Å². The third kappa shape index (κ3) is 2.48. The van der Waals surface area contributed by atoms with Gasteiger partial charge in [-0.3, -0.25) is 4.79 Å². The molecule has 2 heterocycles. The van der Waals surface area contributed by atoms with Gasteiger partial charge in [-0.05, 0) is 12.1 Å². The lowest BCUT2D eigenvalue weighted by atomic mass is 10.2. The van der Waals surface area contributed by atoms with Gasteiger partial charge in [0.15, 0.2) is 0 Å². The monoisotopic (exact) mass is 276 g/mol. The molecule has 1 aromatic heterocycles. The lowest BCUT2D eigenvalue weighted by Gasteiger charge is -2.07. The predicted octanol–water partition coefficient (Wildman–Crippen LogP) is 2.00. The number of aromatic nitrogens is 2. The second-order valence-corrected chi connectivity index (χ2v) is 4.46. The molecule has 0 saturated heterocycles. The highest BCUT2D eigenvalue weighted by atomic mass is 35.5. The van der Waals surface area contributed by atoms with Crippen LogP contribution in [0.5, 0.6) is 0 Å². The summed E-state index contributed by atoms with van der Waals surface area (Å²) in [7, 11) is 0. The first kappa shape index (κ1) is 11.9. The van der Waals surface area contributed by atoms with Gasteiger partial charge >= 0.3 is 0 Å². The third-order valence-electron chi connectivity index (χ3n) is 2.66. The molecule has 0 atom stereocenters. The van der Waals surface area contributed by atoms with Crippen molar-refractivity contribution in [2.75, 3.05) is 0 Å². The van der Waals surface area contributed by atoms with E-state index in [9.17, 15) is 4.79 Å². The van der Waals surface area contributed by atoms with Gasteiger partial charge in [0.05, 0.1) is 0 Å². The Bertz CT molecular complexity index is 665. The van der Waals surface area contributed by atoms with Crippen molar-refractivity contribution in [2.45, 2.75) is 12.8 Å². The van der Waals surface area contributed by atoms with Gasteiger partial charge in [-0.1, -0.05) is 28.9 Å². The van der Waals surface area contributed by atoms with Gasteiger partial charge < -0.3 is 4.52 Å². The van der Waals surface area contributed by atoms with Crippen molar-refractivity contribution in [3.05, 3.63) is 35.2 Å². The van der Waals surface area contributed by atoms with Crippen LogP contribution in [0.25, 0.3) is 11.4 Å². The molecule has 1 aliphatic rings. The third-order valence-corrected chi connectivity index (χ3v) is 2.90. The van der Waals surface area contributed by atoms with E-state index >= 15 is 0 Å². The fraction of sp³-hybridized carbons (Fsp3) is 0.167. The highest BCUT2D eigenvalue weighted by molar-refractivity contribution is 6.30. The average Bonchev–Trinajstić information content (AvgIpc) is 2.89. The summed E-state index contributed by atoms with van der Waals surface area (Å²) in [5.41, 5.74) is 3.74. The summed E-state index contributed by atoms with van der Waals surface area (Å²) in [5, 5.41) is 8.39. The van der Waals surface area contributed by atoms with E-state index in [-0.39, 0.29) is 5.91 Å². The van der Waals surface area contributed by atoms with Crippen LogP contribution in [0, 0.1) is 0 Å². The first-order chi connectivity index (χ1) is 9.22. The Morgan fingerprint density at radius 2 is 2.21 bits per heavy atom. The minimum atomic E-state index is -0.113. The molecule has 1 amide bonds. The summed E-state index contributed by atoms with van der Waals surface area (Å²) in [4.78, 5) is 15.3. The molecule has 2 aromatic rings. The highest BCUT2D eigenvalue weighted by Gasteiger charge is 2.19. The standard InChI is InChI=1S/C12H9ClN4O2/c13-8-3-1-2-7(6-8)11-14-12(19-17-11)9-4-5-10(18)16-15-9/h1-3,6H,4-5H2,(H,16,18). The zero-order valence-corrected chi connectivity index (χ0v) is 10.5. The highest BCUT2D eigenvalue weighted by Crippen LogP contribution is 2.20. The predicted molar refractivity (Wildman–Crippen MR) is 68.7 cm³/mol. The summed E-state index contributed by atoms with van der Waals surface area (Å²) in [6, 6.07) is 7.17. The molecule has 0 radical (unpaired) electrons. The molecular weight excluding hydrogens is 268 g/mol. The summed E-state index contributed by atoms with van der Waals surface area (Å²) in [6.07, 6.45) is 0.858. The molecule has 7 heteroatoms. The van der Waals surface area contributed by atoms with Gasteiger partial charge in [0.25, 0.3) is 5.89 Å². The Morgan fingerprint density at radius 1 is 1.32 bits per heavy atom. The fourth-order valence-corrected chi connectivity index (χ4v) is 1.90. The van der Waals surface area contributed by atoms with Crippen LogP contribution in [0.4, 0.5) is 0 Å². The normalized spacial score (nSPS) is 15.0. The van der Waals surface area contributed by atoms with Crippen molar-refractivity contribution in [2.24, 2.45) is 5.10 Å². The van der Waals surface area contributed by atoms with E-state index in [1.54, 1.807) is 12.1 Å². The lowest BCUT2D eigenvalue weighted by molar-refractivity contribution is -0.121. The quantitative estimate of drug-likeness (QED) is 0.910. The van der Waals surface area contributed by atoms with E-state index in [1.807, 2.05) is 12.1 Å². The maximum atomic E-state index is 11.0. The molecule has 0 fully saturated rings. The van der Waals surface area contributed by atoms with Crippen molar-refractivity contribution in [1.82, 2.24) is 15.6 Å². The largest absolute Gasteiger partial charge is 0.332 e. The molecule has 0 aliphatic carbocycles. The van der Waals surface area contributed by atoms with Gasteiger partial charge in [0.2, 0.25) is 11.7 Å². The number of rotatable bonds is 2. The van der Waals surface area contributed by atoms with Crippen LogP contribution in [0.3, 0.4) is 0 Å². The number of hydrogen-bond acceptors (Lipinski definition) is 5. The summed E-state index contributed by atoms with van der Waals surface area (Å²) in [5.74, 6) is 0.644. The number of benzene rings is 1. The van der Waals surface area contributed by atoms with Gasteiger partial charge in [-0.2, -0.15) is 10.1 Å². The zero-order valence-electron chi connectivity index (χ0n) is 9.76. The SMILES string of the molecule is O=C1CCC(c2nc(-c3cccc(Cl)c3)no2)=NN1. The molecule has 96 valence electrons. The molecule has 1 N–H and O–H groups in total. The fourth-order valence-electron chi connectivity index (χ4n) is 1.71. The number of nitrogens with one attached hydrogen (secondary N) is 1. The van der Waals surface area contributed by atoms with Crippen LogP contribution in [0.15, 0.2) is 33.9 Å². The summed E-state index contributed by atoms with van der Waals surface area (Å²) >= 11 is 5.91. The van der Waals surface area contributed by atoms with Crippen LogP contribution < -0.4 is 5.43 Å². The minimum Gasteiger partial charge on any atom is -0.332 e. The molecule has 19 heavy (non-hydrogen) atoms. The van der Waals surface area contributed by atoms with Crippen LogP contribution in [0.1, 0.15) is 18.7 Å². The summed E-state index contributed by atoms with van der Waals surface area (Å²) < 4.78 is 5.15. The Labute approximate surface area is 113 Å². The van der Waals surface area contributed by atoms with Gasteiger partial charge in [-0.15, -0.1) is 0 Å². The van der Waals surface area contributed by atoms with Crippen molar-refractivity contribution in [3.8, 4) is 11.4 Å². The molecule has 0 bridgehead atoms. The van der Waals surface area contributed by atoms with Crippen LogP contribution in [-0.2, 0) is 4.79 Å². The first-order valence-corrected chi connectivity index (χ1v) is 6.05. The van der Waals surface area contributed by atoms with Crippen LogP contribution in [-0.4, -0.2) is 21.8 Å². The lowest BCUT2D eigenvalue weighted by Crippen LogP contribution is -2.26. The molecule has 1 aliphatic heterocycles. The number of halogens is 1. The van der Waals surface area contributed by atoms with Gasteiger partial charge in [0, 0.05) is 23.4 Å². The Balaban J connectivity index is 1.89. The second-order valence-electron chi connectivity index (χ2n) is 4.03. The van der Waals surface area contributed by atoms with Crippen molar-refractivity contribution >= 4 is 23.2 Å². The molecule has 3 rings (SSSR count). The van der Waals surface area contributed by atoms with Crippen molar-refractivity contribution in [1.29, 1.82) is 0 Å². The zero-order chi connectivity index (χ0) is 13.2. The van der Waals surface area contributed by atoms with Crippen LogP contribution in [0.2, 0.25) is 5.02 Å². The molecular formula is C12H9ClN4O2. The Morgan fingerprint density at radius 3 is 2.95 bits per heavy atom. The van der Waals surface area contributed by atoms with E-state index in [0.29, 0.717) is 35.3 Å². The van der Waals surface area contributed by atoms with E-state index < -0.39 is 0 Å². The number of nitrogens with zero attached hydrogens (tertiary/aromatic N) is 3. The van der Waals surface area contributed by atoms with Gasteiger partial charge in [0.1, 0.15) is 5.71 Å². The van der Waals surface area contributed by atoms with E-state index in [0.717, 1.165) is 5.56 Å². The molecule has 0 unspecified atom stereocenters. The number of carbonyl (C=O) groups is 1. The molecule has 0 saturated carbocycles. The van der Waals surface area contributed by atoms with E-state index in [2.05, 4.69) is 20.7 Å². The number of hydrazone groups is 1. The van der Waals surface area contributed by atoms with Crippen molar-refractivity contribution < 1.29 is 9.32 Å². The maximum Gasteiger partial charge on any atom is 0.274 e. The summed E-state index contributed by atoms with van der Waals surface area (Å²) in [6.45, 7) is 0.